The van der Waals surface area contributed by atoms with Crippen molar-refractivity contribution in [3.05, 3.63) is 70.7 Å². The Bertz CT molecular complexity index is 1150. The molecular weight excluding hydrogens is 540 g/mol. The Morgan fingerprint density at radius 2 is 1.76 bits per heavy atom. The van der Waals surface area contributed by atoms with Crippen molar-refractivity contribution in [2.75, 3.05) is 21.3 Å². The molecule has 2 bridgehead atoms. The minimum Gasteiger partial charge on any atom is -0.496 e. The third kappa shape index (κ3) is 9.82. The van der Waals surface area contributed by atoms with E-state index in [0.29, 0.717) is 40.9 Å². The fourth-order valence-corrected chi connectivity index (χ4v) is 4.90. The first kappa shape index (κ1) is 36.6. The quantitative estimate of drug-likeness (QED) is 0.409. The van der Waals surface area contributed by atoms with Crippen LogP contribution in [0.15, 0.2) is 70.7 Å². The zero-order chi connectivity index (χ0) is 32.1. The lowest BCUT2D eigenvalue weighted by Crippen LogP contribution is -2.37. The molecule has 0 saturated carbocycles. The second-order valence-electron chi connectivity index (χ2n) is 10.3. The summed E-state index contributed by atoms with van der Waals surface area (Å²) in [6.45, 7) is 15.1. The first-order valence-electron chi connectivity index (χ1n) is 14.1. The van der Waals surface area contributed by atoms with Gasteiger partial charge in [-0.15, -0.1) is 0 Å². The summed E-state index contributed by atoms with van der Waals surface area (Å²) in [6, 6.07) is 0. The molecule has 0 aromatic carbocycles. The largest absolute Gasteiger partial charge is 0.496 e. The SMILES string of the molecule is C=C1C=C2NC(=O)/C(C)=C/C=C\C(OC)C(OC(N)=O)/C(C)=C/[C@H](C)[C@@H](O)C(OC)C[C@H](C)CC(=C1OC)C2=O.CC. The van der Waals surface area contributed by atoms with E-state index in [1.165, 1.54) is 27.4 Å². The van der Waals surface area contributed by atoms with Crippen LogP contribution >= 0.6 is 0 Å². The van der Waals surface area contributed by atoms with E-state index in [2.05, 4.69) is 11.9 Å². The van der Waals surface area contributed by atoms with Gasteiger partial charge in [-0.1, -0.05) is 58.6 Å². The molecule has 0 fully saturated rings. The number of carbonyl (C=O) groups is 3. The average molecular weight is 589 g/mol. The van der Waals surface area contributed by atoms with Gasteiger partial charge in [0.05, 0.1) is 25.0 Å². The first-order valence-corrected chi connectivity index (χ1v) is 14.1. The lowest BCUT2D eigenvalue weighted by molar-refractivity contribution is -0.119. The summed E-state index contributed by atoms with van der Waals surface area (Å²) in [5.74, 6) is -0.986. The molecule has 1 aliphatic heterocycles. The second-order valence-corrected chi connectivity index (χ2v) is 10.3. The molecule has 10 nitrogen and oxygen atoms in total. The van der Waals surface area contributed by atoms with E-state index >= 15 is 0 Å². The van der Waals surface area contributed by atoms with Crippen LogP contribution < -0.4 is 11.1 Å². The molecular formula is C32H48N2O8. The fourth-order valence-electron chi connectivity index (χ4n) is 4.90. The van der Waals surface area contributed by atoms with E-state index in [1.54, 1.807) is 38.2 Å². The van der Waals surface area contributed by atoms with Crippen molar-refractivity contribution in [2.45, 2.75) is 78.8 Å². The Balaban J connectivity index is 0.00000431. The van der Waals surface area contributed by atoms with Crippen LogP contribution in [-0.2, 0) is 28.5 Å². The number of amides is 2. The van der Waals surface area contributed by atoms with E-state index in [9.17, 15) is 19.5 Å². The van der Waals surface area contributed by atoms with Gasteiger partial charge in [0.2, 0.25) is 5.78 Å². The Kier molecular flexibility index (Phi) is 15.2. The maximum Gasteiger partial charge on any atom is 0.405 e. The lowest BCUT2D eigenvalue weighted by Gasteiger charge is -2.30. The summed E-state index contributed by atoms with van der Waals surface area (Å²) < 4.78 is 22.1. The van der Waals surface area contributed by atoms with Crippen molar-refractivity contribution < 1.29 is 38.4 Å². The first-order chi connectivity index (χ1) is 19.8. The van der Waals surface area contributed by atoms with Crippen molar-refractivity contribution in [1.29, 1.82) is 0 Å². The van der Waals surface area contributed by atoms with E-state index in [0.717, 1.165) is 0 Å². The monoisotopic (exact) mass is 588 g/mol. The normalized spacial score (nSPS) is 31.3. The highest BCUT2D eigenvalue weighted by Crippen LogP contribution is 2.32. The fraction of sp³-hybridized carbons (Fsp3) is 0.531. The molecule has 0 saturated heterocycles. The number of ketones is 1. The molecule has 1 heterocycles. The number of hydrogen-bond acceptors (Lipinski definition) is 8. The minimum atomic E-state index is -0.982. The van der Waals surface area contributed by atoms with Crippen LogP contribution in [-0.4, -0.2) is 68.6 Å². The molecule has 234 valence electrons. The molecule has 2 amide bonds. The third-order valence-corrected chi connectivity index (χ3v) is 7.06. The van der Waals surface area contributed by atoms with Gasteiger partial charge in [0.1, 0.15) is 11.9 Å². The van der Waals surface area contributed by atoms with Crippen LogP contribution in [0.4, 0.5) is 4.79 Å². The summed E-state index contributed by atoms with van der Waals surface area (Å²) in [4.78, 5) is 38.1. The average Bonchev–Trinajstić information content (AvgIpc) is 2.95. The van der Waals surface area contributed by atoms with Crippen molar-refractivity contribution >= 4 is 17.8 Å². The molecule has 1 aliphatic carbocycles. The summed E-state index contributed by atoms with van der Waals surface area (Å²) in [5.41, 5.74) is 7.22. The van der Waals surface area contributed by atoms with E-state index in [-0.39, 0.29) is 17.4 Å². The summed E-state index contributed by atoms with van der Waals surface area (Å²) >= 11 is 0. The van der Waals surface area contributed by atoms with Crippen molar-refractivity contribution in [1.82, 2.24) is 5.32 Å². The number of ether oxygens (including phenoxy) is 4. The van der Waals surface area contributed by atoms with Crippen LogP contribution in [0.1, 0.15) is 54.4 Å². The predicted octanol–water partition coefficient (Wildman–Crippen LogP) is 4.42. The zero-order valence-electron chi connectivity index (χ0n) is 26.4. The van der Waals surface area contributed by atoms with Crippen LogP contribution in [0.2, 0.25) is 0 Å². The third-order valence-electron chi connectivity index (χ3n) is 7.06. The van der Waals surface area contributed by atoms with Gasteiger partial charge in [0.15, 0.2) is 6.10 Å². The molecule has 42 heavy (non-hydrogen) atoms. The highest BCUT2D eigenvalue weighted by Gasteiger charge is 2.32. The van der Waals surface area contributed by atoms with Gasteiger partial charge >= 0.3 is 6.09 Å². The number of nitrogens with one attached hydrogen (secondary N) is 1. The number of primary amides is 1. The van der Waals surface area contributed by atoms with Gasteiger partial charge in [0.25, 0.3) is 5.91 Å². The molecule has 0 spiro atoms. The Morgan fingerprint density at radius 1 is 1.12 bits per heavy atom. The van der Waals surface area contributed by atoms with Gasteiger partial charge < -0.3 is 35.1 Å². The van der Waals surface area contributed by atoms with Crippen molar-refractivity contribution in [3.8, 4) is 0 Å². The lowest BCUT2D eigenvalue weighted by atomic mass is 9.85. The molecule has 2 aliphatic rings. The van der Waals surface area contributed by atoms with Gasteiger partial charge in [-0.25, -0.2) is 4.79 Å². The molecule has 4 N–H and O–H groups in total. The molecule has 10 heteroatoms. The van der Waals surface area contributed by atoms with Crippen LogP contribution in [0, 0.1) is 11.8 Å². The maximum atomic E-state index is 13.4. The van der Waals surface area contributed by atoms with Gasteiger partial charge in [-0.3, -0.25) is 9.59 Å². The second kappa shape index (κ2) is 17.5. The van der Waals surface area contributed by atoms with Gasteiger partial charge in [-0.05, 0) is 44.3 Å². The molecule has 2 rings (SSSR count). The maximum absolute atomic E-state index is 13.4. The van der Waals surface area contributed by atoms with Gasteiger partial charge in [-0.2, -0.15) is 0 Å². The minimum absolute atomic E-state index is 0.0918. The molecule has 6 atom stereocenters. The number of methoxy groups -OCH3 is 3. The number of hydrogen-bond donors (Lipinski definition) is 3. The number of allylic oxidation sites excluding steroid dienone is 4. The highest BCUT2D eigenvalue weighted by atomic mass is 16.6. The zero-order valence-corrected chi connectivity index (χ0v) is 26.4. The predicted molar refractivity (Wildman–Crippen MR) is 162 cm³/mol. The standard InChI is InChI=1S/C30H42N2O8.C2H6/c1-16-12-21-26(34)22(15-20(5)27(21)39-8)32-29(35)17(2)10-9-11-23(37-6)28(40-30(31)36)19(4)14-18(3)25(33)24(13-16)38-7;1-2/h9-11,14-16,18,23-25,28,33H,5,12-13H2,1-4,6-8H3,(H2,31,36)(H,32,35);1-2H3/b11-9-,17-10+,19-14+;/t16-,18+,23?,24?,25-,28?;/m1./s1. The number of fused-ring (bicyclic) bond motifs is 2. The highest BCUT2D eigenvalue weighted by molar-refractivity contribution is 6.13. The van der Waals surface area contributed by atoms with E-state index in [4.69, 9.17) is 24.7 Å². The molecule has 3 unspecified atom stereocenters. The number of rotatable bonds is 4. The van der Waals surface area contributed by atoms with Crippen molar-refractivity contribution in [2.24, 2.45) is 17.6 Å². The van der Waals surface area contributed by atoms with Crippen LogP contribution in [0.5, 0.6) is 0 Å². The van der Waals surface area contributed by atoms with Crippen LogP contribution in [0.25, 0.3) is 0 Å². The van der Waals surface area contributed by atoms with E-state index in [1.807, 2.05) is 27.7 Å². The number of aliphatic hydroxyl groups excluding tert-OH is 1. The molecule has 0 radical (unpaired) electrons. The summed E-state index contributed by atoms with van der Waals surface area (Å²) in [5, 5.41) is 13.9. The number of nitrogens with two attached hydrogens (primary N) is 1. The number of aliphatic hydroxyl groups is 1. The van der Waals surface area contributed by atoms with Crippen molar-refractivity contribution in [3.63, 3.8) is 0 Å². The molecule has 0 aromatic rings. The number of Topliss-reactive ketones (excluding diaryl/α,β-unsaturated/α-hetero) is 1. The molecule has 0 aromatic heterocycles. The smallest absolute Gasteiger partial charge is 0.405 e. The Hall–Kier alpha value is -3.47. The topological polar surface area (TPSA) is 146 Å². The number of carbonyl (C=O) groups excluding carboxylic acids is 3. The summed E-state index contributed by atoms with van der Waals surface area (Å²) in [7, 11) is 4.44. The van der Waals surface area contributed by atoms with Crippen LogP contribution in [0.3, 0.4) is 0 Å². The summed E-state index contributed by atoms with van der Waals surface area (Å²) in [6.07, 6.45) is 4.68. The van der Waals surface area contributed by atoms with Gasteiger partial charge in [0, 0.05) is 36.9 Å². The van der Waals surface area contributed by atoms with E-state index < -0.39 is 42.3 Å². The Morgan fingerprint density at radius 3 is 2.31 bits per heavy atom. The Labute approximate surface area is 250 Å².